The van der Waals surface area contributed by atoms with E-state index in [2.05, 4.69) is 176 Å². The lowest BCUT2D eigenvalue weighted by Gasteiger charge is -2.16. The number of rotatable bonds is 6. The summed E-state index contributed by atoms with van der Waals surface area (Å²) < 4.78 is 6.64. The van der Waals surface area contributed by atoms with Crippen molar-refractivity contribution in [1.82, 2.24) is 15.0 Å². The van der Waals surface area contributed by atoms with Crippen molar-refractivity contribution in [2.45, 2.75) is 0 Å². The Hall–Kier alpha value is -8.21. The molecule has 4 heteroatoms. The fraction of sp³-hybridized carbons (Fsp3) is 0. The van der Waals surface area contributed by atoms with Crippen LogP contribution in [0.25, 0.3) is 122 Å². The molecule has 0 atom stereocenters. The third-order valence-electron chi connectivity index (χ3n) is 11.9. The van der Waals surface area contributed by atoms with Crippen LogP contribution in [0.15, 0.2) is 217 Å². The maximum atomic E-state index is 6.64. The smallest absolute Gasteiger partial charge is 0.160 e. The zero-order chi connectivity index (χ0) is 40.3. The van der Waals surface area contributed by atoms with Crippen molar-refractivity contribution >= 4 is 54.4 Å². The highest BCUT2D eigenvalue weighted by Gasteiger charge is 2.22. The van der Waals surface area contributed by atoms with E-state index < -0.39 is 0 Å². The SMILES string of the molecule is c1ccc(-c2cc(-c3ccc(-c4ccc(-c5c6c(cc7c(-c8ccccc8)nc8ccccc8c57)oc5ccccc56)cc4)c4ccccc34)nc(-c3ccccc3)n2)cc1. The zero-order valence-corrected chi connectivity index (χ0v) is 33.0. The molecule has 0 saturated heterocycles. The van der Waals surface area contributed by atoms with Gasteiger partial charge in [0.1, 0.15) is 11.2 Å². The van der Waals surface area contributed by atoms with E-state index in [1.807, 2.05) is 36.4 Å². The minimum absolute atomic E-state index is 0.702. The first-order valence-electron chi connectivity index (χ1n) is 20.6. The van der Waals surface area contributed by atoms with Crippen molar-refractivity contribution in [2.75, 3.05) is 0 Å². The van der Waals surface area contributed by atoms with Gasteiger partial charge in [0.25, 0.3) is 0 Å². The predicted octanol–water partition coefficient (Wildman–Crippen LogP) is 15.2. The van der Waals surface area contributed by atoms with Crippen LogP contribution in [0.2, 0.25) is 0 Å². The van der Waals surface area contributed by atoms with Crippen molar-refractivity contribution in [3.05, 3.63) is 212 Å². The highest BCUT2D eigenvalue weighted by atomic mass is 16.3. The molecule has 0 amide bonds. The van der Waals surface area contributed by atoms with Crippen LogP contribution in [0.1, 0.15) is 0 Å². The number of para-hydroxylation sites is 2. The van der Waals surface area contributed by atoms with Gasteiger partial charge in [0, 0.05) is 54.7 Å². The number of benzene rings is 9. The van der Waals surface area contributed by atoms with E-state index in [9.17, 15) is 0 Å². The Morgan fingerprint density at radius 3 is 1.61 bits per heavy atom. The van der Waals surface area contributed by atoms with E-state index in [4.69, 9.17) is 19.4 Å². The molecule has 0 N–H and O–H groups in total. The number of hydrogen-bond donors (Lipinski definition) is 0. The fourth-order valence-corrected chi connectivity index (χ4v) is 9.07. The molecule has 61 heavy (non-hydrogen) atoms. The van der Waals surface area contributed by atoms with Crippen molar-refractivity contribution in [3.63, 3.8) is 0 Å². The summed E-state index contributed by atoms with van der Waals surface area (Å²) in [5, 5.41) is 7.84. The molecular weight excluding hydrogens is 743 g/mol. The lowest BCUT2D eigenvalue weighted by molar-refractivity contribution is 0.669. The second-order valence-corrected chi connectivity index (χ2v) is 15.5. The molecule has 0 aliphatic rings. The Morgan fingerprint density at radius 2 is 0.869 bits per heavy atom. The average molecular weight is 778 g/mol. The van der Waals surface area contributed by atoms with Crippen molar-refractivity contribution in [1.29, 1.82) is 0 Å². The first-order valence-corrected chi connectivity index (χ1v) is 20.6. The summed E-state index contributed by atoms with van der Waals surface area (Å²) in [6.07, 6.45) is 0. The van der Waals surface area contributed by atoms with Gasteiger partial charge in [-0.1, -0.05) is 188 Å². The van der Waals surface area contributed by atoms with Gasteiger partial charge in [0.2, 0.25) is 0 Å². The highest BCUT2D eigenvalue weighted by Crippen LogP contribution is 2.47. The molecule has 0 spiro atoms. The normalized spacial score (nSPS) is 11.6. The van der Waals surface area contributed by atoms with Crippen LogP contribution in [0.3, 0.4) is 0 Å². The topological polar surface area (TPSA) is 51.8 Å². The molecule has 4 nitrogen and oxygen atoms in total. The van der Waals surface area contributed by atoms with Gasteiger partial charge in [-0.2, -0.15) is 0 Å². The van der Waals surface area contributed by atoms with Crippen LogP contribution in [-0.4, -0.2) is 15.0 Å². The summed E-state index contributed by atoms with van der Waals surface area (Å²) in [5.41, 5.74) is 14.1. The molecule has 284 valence electrons. The largest absolute Gasteiger partial charge is 0.456 e. The Kier molecular flexibility index (Phi) is 8.13. The first-order chi connectivity index (χ1) is 30.2. The molecule has 0 fully saturated rings. The monoisotopic (exact) mass is 777 g/mol. The van der Waals surface area contributed by atoms with Crippen molar-refractivity contribution in [3.8, 4) is 67.4 Å². The second-order valence-electron chi connectivity index (χ2n) is 15.5. The summed E-state index contributed by atoms with van der Waals surface area (Å²) in [6.45, 7) is 0. The minimum atomic E-state index is 0.702. The fourth-order valence-electron chi connectivity index (χ4n) is 9.07. The Morgan fingerprint density at radius 1 is 0.311 bits per heavy atom. The quantitative estimate of drug-likeness (QED) is 0.158. The van der Waals surface area contributed by atoms with E-state index in [0.717, 1.165) is 111 Å². The third kappa shape index (κ3) is 5.88. The molecule has 0 aliphatic carbocycles. The number of pyridine rings is 1. The van der Waals surface area contributed by atoms with Gasteiger partial charge in [0.05, 0.1) is 22.6 Å². The number of hydrogen-bond acceptors (Lipinski definition) is 4. The molecule has 9 aromatic carbocycles. The molecule has 0 radical (unpaired) electrons. The van der Waals surface area contributed by atoms with Crippen LogP contribution in [0, 0.1) is 0 Å². The average Bonchev–Trinajstić information content (AvgIpc) is 3.72. The van der Waals surface area contributed by atoms with Crippen LogP contribution < -0.4 is 0 Å². The lowest BCUT2D eigenvalue weighted by Crippen LogP contribution is -1.96. The summed E-state index contributed by atoms with van der Waals surface area (Å²) in [5.74, 6) is 0.702. The molecule has 0 bridgehead atoms. The maximum Gasteiger partial charge on any atom is 0.160 e. The summed E-state index contributed by atoms with van der Waals surface area (Å²) >= 11 is 0. The molecule has 3 aromatic heterocycles. The van der Waals surface area contributed by atoms with E-state index in [1.165, 1.54) is 5.39 Å². The number of nitrogens with zero attached hydrogens (tertiary/aromatic N) is 3. The number of fused-ring (bicyclic) bond motifs is 7. The Labute approximate surface area is 352 Å². The zero-order valence-electron chi connectivity index (χ0n) is 33.0. The molecule has 0 unspecified atom stereocenters. The van der Waals surface area contributed by atoms with Crippen molar-refractivity contribution in [2.24, 2.45) is 0 Å². The van der Waals surface area contributed by atoms with Gasteiger partial charge in [-0.25, -0.2) is 15.0 Å². The van der Waals surface area contributed by atoms with Gasteiger partial charge < -0.3 is 4.42 Å². The summed E-state index contributed by atoms with van der Waals surface area (Å²) in [7, 11) is 0. The van der Waals surface area contributed by atoms with Crippen molar-refractivity contribution < 1.29 is 4.42 Å². The van der Waals surface area contributed by atoms with Crippen LogP contribution in [-0.2, 0) is 0 Å². The molecular formula is C57H35N3O. The predicted molar refractivity (Wildman–Crippen MR) is 252 cm³/mol. The van der Waals surface area contributed by atoms with Crippen LogP contribution in [0.5, 0.6) is 0 Å². The Balaban J connectivity index is 1.05. The summed E-state index contributed by atoms with van der Waals surface area (Å²) in [4.78, 5) is 15.5. The molecule has 0 aliphatic heterocycles. The van der Waals surface area contributed by atoms with Gasteiger partial charge in [-0.3, -0.25) is 0 Å². The lowest BCUT2D eigenvalue weighted by atomic mass is 9.88. The van der Waals surface area contributed by atoms with E-state index in [0.29, 0.717) is 5.82 Å². The van der Waals surface area contributed by atoms with Crippen LogP contribution in [0.4, 0.5) is 0 Å². The first kappa shape index (κ1) is 34.8. The van der Waals surface area contributed by atoms with E-state index in [1.54, 1.807) is 0 Å². The van der Waals surface area contributed by atoms with Gasteiger partial charge in [-0.15, -0.1) is 0 Å². The summed E-state index contributed by atoms with van der Waals surface area (Å²) in [6, 6.07) is 74.4. The minimum Gasteiger partial charge on any atom is -0.456 e. The van der Waals surface area contributed by atoms with Gasteiger partial charge in [0.15, 0.2) is 5.82 Å². The Bertz CT molecular complexity index is 3560. The molecule has 12 aromatic rings. The molecule has 0 saturated carbocycles. The third-order valence-corrected chi connectivity index (χ3v) is 11.9. The van der Waals surface area contributed by atoms with E-state index >= 15 is 0 Å². The molecule has 3 heterocycles. The standard InChI is InChI=1S/C57H35N3O/c1-4-16-37(17-5-1)49-35-50(60-57(59-49)40-20-8-3-9-21-40)44-33-32-41(42-22-10-11-23-43(42)44)36-28-30-38(31-29-36)53-54-45-24-12-14-26-48(45)58-56(39-18-6-2-7-19-39)47(54)34-52-55(53)46-25-13-15-27-51(46)61-52/h1-35H. The van der Waals surface area contributed by atoms with Gasteiger partial charge >= 0.3 is 0 Å². The number of aromatic nitrogens is 3. The van der Waals surface area contributed by atoms with E-state index in [-0.39, 0.29) is 0 Å². The maximum absolute atomic E-state index is 6.64. The van der Waals surface area contributed by atoms with Crippen LogP contribution >= 0.6 is 0 Å². The number of furan rings is 1. The van der Waals surface area contributed by atoms with Gasteiger partial charge in [-0.05, 0) is 51.7 Å². The second kappa shape index (κ2) is 14.3. The highest BCUT2D eigenvalue weighted by molar-refractivity contribution is 6.27. The molecule has 12 rings (SSSR count).